The Hall–Kier alpha value is -1.88. The van der Waals surface area contributed by atoms with E-state index in [1.807, 2.05) is 44.2 Å². The van der Waals surface area contributed by atoms with Crippen LogP contribution in [-0.4, -0.2) is 29.3 Å². The first-order valence-corrected chi connectivity index (χ1v) is 9.56. The normalized spacial score (nSPS) is 39.5. The van der Waals surface area contributed by atoms with Crippen molar-refractivity contribution >= 4 is 11.9 Å². The number of benzene rings is 1. The van der Waals surface area contributed by atoms with Gasteiger partial charge in [-0.15, -0.1) is 0 Å². The van der Waals surface area contributed by atoms with E-state index < -0.39 is 16.8 Å². The molecule has 0 aromatic heterocycles. The molecule has 4 rings (SSSR count). The van der Waals surface area contributed by atoms with Gasteiger partial charge in [0.25, 0.3) is 0 Å². The molecule has 5 heteroatoms. The minimum atomic E-state index is -1.08. The summed E-state index contributed by atoms with van der Waals surface area (Å²) in [4.78, 5) is 25.8. The highest BCUT2D eigenvalue weighted by Crippen LogP contribution is 2.74. The van der Waals surface area contributed by atoms with Gasteiger partial charge in [-0.25, -0.2) is 0 Å². The number of esters is 1. The van der Waals surface area contributed by atoms with E-state index >= 15 is 0 Å². The van der Waals surface area contributed by atoms with Gasteiger partial charge in [0, 0.05) is 11.8 Å². The van der Waals surface area contributed by atoms with E-state index in [0.29, 0.717) is 6.42 Å². The summed E-state index contributed by atoms with van der Waals surface area (Å²) in [7, 11) is 0. The fraction of sp³-hybridized carbons (Fsp3) is 0.619. The molecular weight excluding hydrogens is 332 g/mol. The molecule has 26 heavy (non-hydrogen) atoms. The number of epoxide rings is 1. The van der Waals surface area contributed by atoms with Gasteiger partial charge in [0.1, 0.15) is 6.61 Å². The molecule has 1 saturated heterocycles. The van der Waals surface area contributed by atoms with Crippen LogP contribution in [0.2, 0.25) is 0 Å². The quantitative estimate of drug-likeness (QED) is 0.597. The zero-order valence-electron chi connectivity index (χ0n) is 15.3. The van der Waals surface area contributed by atoms with E-state index in [9.17, 15) is 14.7 Å². The first kappa shape index (κ1) is 17.5. The molecule has 1 aromatic rings. The van der Waals surface area contributed by atoms with Gasteiger partial charge in [0.05, 0.1) is 23.0 Å². The lowest BCUT2D eigenvalue weighted by Gasteiger charge is -2.45. The SMILES string of the molecule is CCCCC1(C(=O)O)C2CC(C3OC32)C1(C)C(=O)OCc1ccccc1. The van der Waals surface area contributed by atoms with Gasteiger partial charge in [0.15, 0.2) is 0 Å². The first-order valence-electron chi connectivity index (χ1n) is 9.56. The summed E-state index contributed by atoms with van der Waals surface area (Å²) < 4.78 is 11.4. The maximum atomic E-state index is 13.2. The van der Waals surface area contributed by atoms with Crippen LogP contribution in [0.1, 0.15) is 45.1 Å². The van der Waals surface area contributed by atoms with Crippen LogP contribution in [0.5, 0.6) is 0 Å². The zero-order chi connectivity index (χ0) is 18.5. The van der Waals surface area contributed by atoms with Crippen molar-refractivity contribution in [1.82, 2.24) is 0 Å². The van der Waals surface area contributed by atoms with E-state index in [1.165, 1.54) is 0 Å². The summed E-state index contributed by atoms with van der Waals surface area (Å²) >= 11 is 0. The van der Waals surface area contributed by atoms with Crippen molar-refractivity contribution in [1.29, 1.82) is 0 Å². The van der Waals surface area contributed by atoms with Crippen molar-refractivity contribution < 1.29 is 24.2 Å². The standard InChI is InChI=1S/C21H26O5/c1-3-4-10-21(18(22)23)15-11-14(16-17(15)26-16)20(21,2)19(24)25-12-13-8-6-5-7-9-13/h5-9,14-17H,3-4,10-12H2,1-2H3,(H,22,23). The molecule has 0 spiro atoms. The molecule has 0 amide bonds. The van der Waals surface area contributed by atoms with Crippen molar-refractivity contribution in [3.63, 3.8) is 0 Å². The van der Waals surface area contributed by atoms with Crippen molar-refractivity contribution in [2.75, 3.05) is 0 Å². The number of carboxylic acid groups (broad SMARTS) is 1. The lowest BCUT2D eigenvalue weighted by Crippen LogP contribution is -2.57. The van der Waals surface area contributed by atoms with Crippen LogP contribution < -0.4 is 0 Å². The number of unbranched alkanes of at least 4 members (excludes halogenated alkanes) is 1. The summed E-state index contributed by atoms with van der Waals surface area (Å²) in [5.74, 6) is -1.41. The van der Waals surface area contributed by atoms with Crippen molar-refractivity contribution in [2.45, 2.75) is 58.3 Å². The molecule has 2 aliphatic carbocycles. The molecule has 3 aliphatic rings. The largest absolute Gasteiger partial charge is 0.481 e. The molecule has 2 saturated carbocycles. The minimum absolute atomic E-state index is 0.0166. The fourth-order valence-electron chi connectivity index (χ4n) is 5.68. The van der Waals surface area contributed by atoms with Crippen LogP contribution in [0.4, 0.5) is 0 Å². The topological polar surface area (TPSA) is 76.1 Å². The molecule has 1 heterocycles. The van der Waals surface area contributed by atoms with E-state index in [0.717, 1.165) is 24.8 Å². The lowest BCUT2D eigenvalue weighted by molar-refractivity contribution is -0.183. The summed E-state index contributed by atoms with van der Waals surface area (Å²) in [6, 6.07) is 9.50. The Kier molecular flexibility index (Phi) is 4.10. The second-order valence-corrected chi connectivity index (χ2v) is 8.16. The third-order valence-corrected chi connectivity index (χ3v) is 7.11. The Morgan fingerprint density at radius 3 is 2.58 bits per heavy atom. The molecule has 1 aliphatic heterocycles. The summed E-state index contributed by atoms with van der Waals surface area (Å²) in [5.41, 5.74) is -1.22. The summed E-state index contributed by atoms with van der Waals surface area (Å²) in [6.07, 6.45) is 2.99. The van der Waals surface area contributed by atoms with Gasteiger partial charge in [-0.1, -0.05) is 50.1 Å². The molecule has 5 nitrogen and oxygen atoms in total. The Morgan fingerprint density at radius 2 is 1.92 bits per heavy atom. The first-order chi connectivity index (χ1) is 12.5. The third-order valence-electron chi connectivity index (χ3n) is 7.11. The van der Waals surface area contributed by atoms with Crippen LogP contribution in [0.3, 0.4) is 0 Å². The minimum Gasteiger partial charge on any atom is -0.481 e. The van der Waals surface area contributed by atoms with E-state index in [4.69, 9.17) is 9.47 Å². The molecule has 2 bridgehead atoms. The summed E-state index contributed by atoms with van der Waals surface area (Å²) in [5, 5.41) is 10.3. The number of aliphatic carboxylic acids is 1. The second kappa shape index (κ2) is 6.08. The third kappa shape index (κ3) is 2.19. The highest BCUT2D eigenvalue weighted by Gasteiger charge is 2.82. The van der Waals surface area contributed by atoms with Gasteiger partial charge in [0.2, 0.25) is 0 Å². The van der Waals surface area contributed by atoms with Crippen LogP contribution in [0, 0.1) is 22.7 Å². The number of carbonyl (C=O) groups is 2. The van der Waals surface area contributed by atoms with Gasteiger partial charge in [-0.3, -0.25) is 9.59 Å². The molecule has 3 fully saturated rings. The van der Waals surface area contributed by atoms with Crippen molar-refractivity contribution in [3.8, 4) is 0 Å². The number of ether oxygens (including phenoxy) is 2. The highest BCUT2D eigenvalue weighted by atomic mass is 16.6. The van der Waals surface area contributed by atoms with E-state index in [2.05, 4.69) is 0 Å². The van der Waals surface area contributed by atoms with E-state index in [1.54, 1.807) is 0 Å². The molecule has 6 unspecified atom stereocenters. The molecule has 1 aromatic carbocycles. The lowest BCUT2D eigenvalue weighted by atomic mass is 9.55. The Balaban J connectivity index is 1.64. The maximum Gasteiger partial charge on any atom is 0.313 e. The van der Waals surface area contributed by atoms with Crippen LogP contribution in [-0.2, 0) is 25.7 Å². The number of hydrogen-bond donors (Lipinski definition) is 1. The van der Waals surface area contributed by atoms with Gasteiger partial charge in [-0.05, 0) is 25.3 Å². The monoisotopic (exact) mass is 358 g/mol. The van der Waals surface area contributed by atoms with Crippen LogP contribution in [0.15, 0.2) is 30.3 Å². The Bertz CT molecular complexity index is 716. The van der Waals surface area contributed by atoms with Gasteiger partial charge in [-0.2, -0.15) is 0 Å². The molecular formula is C21H26O5. The smallest absolute Gasteiger partial charge is 0.313 e. The Labute approximate surface area is 153 Å². The number of fused-ring (bicyclic) bond motifs is 5. The fourth-order valence-corrected chi connectivity index (χ4v) is 5.68. The number of rotatable bonds is 7. The van der Waals surface area contributed by atoms with Gasteiger partial charge < -0.3 is 14.6 Å². The highest BCUT2D eigenvalue weighted by molar-refractivity contribution is 5.90. The number of carboxylic acids is 1. The van der Waals surface area contributed by atoms with E-state index in [-0.39, 0.29) is 36.6 Å². The van der Waals surface area contributed by atoms with Crippen LogP contribution >= 0.6 is 0 Å². The average Bonchev–Trinajstić information content (AvgIpc) is 3.28. The maximum absolute atomic E-state index is 13.2. The van der Waals surface area contributed by atoms with Crippen molar-refractivity contribution in [3.05, 3.63) is 35.9 Å². The number of carbonyl (C=O) groups excluding carboxylic acids is 1. The molecule has 6 atom stereocenters. The predicted octanol–water partition coefficient (Wildman–Crippen LogP) is 3.41. The summed E-state index contributed by atoms with van der Waals surface area (Å²) in [6.45, 7) is 4.03. The van der Waals surface area contributed by atoms with Crippen molar-refractivity contribution in [2.24, 2.45) is 22.7 Å². The molecule has 140 valence electrons. The van der Waals surface area contributed by atoms with Gasteiger partial charge >= 0.3 is 11.9 Å². The molecule has 0 radical (unpaired) electrons. The zero-order valence-corrected chi connectivity index (χ0v) is 15.3. The Morgan fingerprint density at radius 1 is 1.23 bits per heavy atom. The number of hydrogen-bond acceptors (Lipinski definition) is 4. The second-order valence-electron chi connectivity index (χ2n) is 8.16. The molecule has 1 N–H and O–H groups in total. The van der Waals surface area contributed by atoms with Crippen LogP contribution in [0.25, 0.3) is 0 Å². The predicted molar refractivity (Wildman–Crippen MR) is 94.2 cm³/mol. The average molecular weight is 358 g/mol.